The van der Waals surface area contributed by atoms with Gasteiger partial charge >= 0.3 is 0 Å². The molecule has 0 unspecified atom stereocenters. The van der Waals surface area contributed by atoms with Crippen molar-refractivity contribution in [1.29, 1.82) is 0 Å². The molecule has 108 valence electrons. The zero-order valence-electron chi connectivity index (χ0n) is 12.3. The van der Waals surface area contributed by atoms with Crippen molar-refractivity contribution in [1.82, 2.24) is 5.32 Å². The minimum Gasteiger partial charge on any atom is -0.492 e. The molecule has 19 heavy (non-hydrogen) atoms. The zero-order chi connectivity index (χ0) is 14.1. The predicted molar refractivity (Wildman–Crippen MR) is 83.0 cm³/mol. The Balaban J connectivity index is 2.39. The molecule has 2 nitrogen and oxygen atoms in total. The van der Waals surface area contributed by atoms with Gasteiger partial charge in [0.2, 0.25) is 0 Å². The Hall–Kier alpha value is -0.730. The molecule has 0 saturated carbocycles. The first-order chi connectivity index (χ1) is 9.13. The maximum atomic E-state index is 6.23. The molecule has 0 aromatic heterocycles. The van der Waals surface area contributed by atoms with Crippen molar-refractivity contribution in [2.75, 3.05) is 13.2 Å². The molecule has 3 heteroatoms. The number of hydrogen-bond donors (Lipinski definition) is 1. The van der Waals surface area contributed by atoms with Crippen LogP contribution in [-0.4, -0.2) is 13.2 Å². The summed E-state index contributed by atoms with van der Waals surface area (Å²) in [6, 6.07) is 6.04. The van der Waals surface area contributed by atoms with Crippen molar-refractivity contribution in [2.24, 2.45) is 5.92 Å². The quantitative estimate of drug-likeness (QED) is 0.666. The third-order valence-electron chi connectivity index (χ3n) is 2.94. The summed E-state index contributed by atoms with van der Waals surface area (Å²) < 4.78 is 5.72. The number of benzene rings is 1. The lowest BCUT2D eigenvalue weighted by Gasteiger charge is -2.10. The lowest BCUT2D eigenvalue weighted by Crippen LogP contribution is -2.13. The van der Waals surface area contributed by atoms with Gasteiger partial charge in [0.25, 0.3) is 0 Å². The van der Waals surface area contributed by atoms with Gasteiger partial charge in [-0.3, -0.25) is 0 Å². The molecule has 0 atom stereocenters. The highest BCUT2D eigenvalue weighted by Gasteiger charge is 2.03. The molecule has 0 spiro atoms. The molecular formula is C16H26ClNO. The van der Waals surface area contributed by atoms with E-state index in [1.165, 1.54) is 12.0 Å². The normalized spacial score (nSPS) is 11.0. The van der Waals surface area contributed by atoms with Crippen LogP contribution in [-0.2, 0) is 6.54 Å². The minimum absolute atomic E-state index is 0.709. The average molecular weight is 284 g/mol. The first kappa shape index (κ1) is 16.3. The Morgan fingerprint density at radius 2 is 2.11 bits per heavy atom. The maximum absolute atomic E-state index is 6.23. The highest BCUT2D eigenvalue weighted by Crippen LogP contribution is 2.25. The first-order valence-corrected chi connectivity index (χ1v) is 7.63. The monoisotopic (exact) mass is 283 g/mol. The van der Waals surface area contributed by atoms with Crippen LogP contribution in [0.3, 0.4) is 0 Å². The topological polar surface area (TPSA) is 21.3 Å². The molecule has 1 aromatic carbocycles. The summed E-state index contributed by atoms with van der Waals surface area (Å²) in [5.74, 6) is 1.52. The Labute approximate surface area is 122 Å². The van der Waals surface area contributed by atoms with Gasteiger partial charge in [-0.05, 0) is 49.4 Å². The molecule has 0 fully saturated rings. The van der Waals surface area contributed by atoms with Crippen LogP contribution in [0.15, 0.2) is 18.2 Å². The molecule has 0 amide bonds. The molecule has 0 saturated heterocycles. The molecule has 0 aliphatic carbocycles. The highest BCUT2D eigenvalue weighted by molar-refractivity contribution is 6.32. The van der Waals surface area contributed by atoms with Crippen LogP contribution in [0.1, 0.15) is 45.6 Å². The summed E-state index contributed by atoms with van der Waals surface area (Å²) in [6.45, 7) is 9.25. The maximum Gasteiger partial charge on any atom is 0.137 e. The third kappa shape index (κ3) is 6.84. The van der Waals surface area contributed by atoms with Gasteiger partial charge in [-0.1, -0.05) is 38.4 Å². The summed E-state index contributed by atoms with van der Waals surface area (Å²) in [5, 5.41) is 4.07. The van der Waals surface area contributed by atoms with E-state index in [9.17, 15) is 0 Å². The van der Waals surface area contributed by atoms with Crippen LogP contribution in [0.2, 0.25) is 5.02 Å². The fraction of sp³-hybridized carbons (Fsp3) is 0.625. The van der Waals surface area contributed by atoms with Crippen LogP contribution in [0.25, 0.3) is 0 Å². The van der Waals surface area contributed by atoms with Crippen LogP contribution in [0, 0.1) is 5.92 Å². The predicted octanol–water partition coefficient (Wildman–Crippen LogP) is 4.65. The molecular weight excluding hydrogens is 258 g/mol. The second-order valence-electron chi connectivity index (χ2n) is 5.33. The summed E-state index contributed by atoms with van der Waals surface area (Å²) in [4.78, 5) is 0. The summed E-state index contributed by atoms with van der Waals surface area (Å²) in [5.41, 5.74) is 1.20. The summed E-state index contributed by atoms with van der Waals surface area (Å²) in [6.07, 6.45) is 3.41. The van der Waals surface area contributed by atoms with Crippen LogP contribution >= 0.6 is 11.6 Å². The molecule has 0 aliphatic heterocycles. The van der Waals surface area contributed by atoms with Gasteiger partial charge in [-0.2, -0.15) is 0 Å². The molecule has 0 heterocycles. The SMILES string of the molecule is CCCNCc1ccc(OCCCC(C)C)c(Cl)c1. The molecule has 1 N–H and O–H groups in total. The average Bonchev–Trinajstić information content (AvgIpc) is 2.36. The van der Waals surface area contributed by atoms with E-state index < -0.39 is 0 Å². The Morgan fingerprint density at radius 3 is 2.74 bits per heavy atom. The highest BCUT2D eigenvalue weighted by atomic mass is 35.5. The number of rotatable bonds is 9. The Kier molecular flexibility index (Phi) is 7.92. The van der Waals surface area contributed by atoms with Crippen LogP contribution in [0.4, 0.5) is 0 Å². The van der Waals surface area contributed by atoms with E-state index in [0.717, 1.165) is 44.2 Å². The van der Waals surface area contributed by atoms with E-state index in [1.807, 2.05) is 12.1 Å². The molecule has 1 aromatic rings. The Morgan fingerprint density at radius 1 is 1.32 bits per heavy atom. The van der Waals surface area contributed by atoms with E-state index >= 15 is 0 Å². The number of ether oxygens (including phenoxy) is 1. The summed E-state index contributed by atoms with van der Waals surface area (Å²) >= 11 is 6.23. The smallest absolute Gasteiger partial charge is 0.137 e. The van der Waals surface area contributed by atoms with E-state index in [-0.39, 0.29) is 0 Å². The number of nitrogens with one attached hydrogen (secondary N) is 1. The minimum atomic E-state index is 0.709. The van der Waals surface area contributed by atoms with E-state index in [1.54, 1.807) is 0 Å². The van der Waals surface area contributed by atoms with Gasteiger partial charge in [-0.25, -0.2) is 0 Å². The van der Waals surface area contributed by atoms with E-state index in [0.29, 0.717) is 5.02 Å². The summed E-state index contributed by atoms with van der Waals surface area (Å²) in [7, 11) is 0. The van der Waals surface area contributed by atoms with Crippen molar-refractivity contribution >= 4 is 11.6 Å². The largest absolute Gasteiger partial charge is 0.492 e. The lowest BCUT2D eigenvalue weighted by atomic mass is 10.1. The van der Waals surface area contributed by atoms with Crippen molar-refractivity contribution < 1.29 is 4.74 Å². The molecule has 0 radical (unpaired) electrons. The second kappa shape index (κ2) is 9.22. The van der Waals surface area contributed by atoms with Gasteiger partial charge in [0.05, 0.1) is 11.6 Å². The van der Waals surface area contributed by atoms with Gasteiger partial charge in [-0.15, -0.1) is 0 Å². The third-order valence-corrected chi connectivity index (χ3v) is 3.23. The Bertz CT molecular complexity index is 366. The van der Waals surface area contributed by atoms with Crippen molar-refractivity contribution in [3.63, 3.8) is 0 Å². The standard InChI is InChI=1S/C16H26ClNO/c1-4-9-18-12-14-7-8-16(15(17)11-14)19-10-5-6-13(2)3/h7-8,11,13,18H,4-6,9-10,12H2,1-3H3. The van der Waals surface area contributed by atoms with Gasteiger partial charge < -0.3 is 10.1 Å². The van der Waals surface area contributed by atoms with Gasteiger partial charge in [0.15, 0.2) is 0 Å². The van der Waals surface area contributed by atoms with Crippen molar-refractivity contribution in [2.45, 2.75) is 46.6 Å². The fourth-order valence-electron chi connectivity index (χ4n) is 1.85. The van der Waals surface area contributed by atoms with Crippen molar-refractivity contribution in [3.8, 4) is 5.75 Å². The second-order valence-corrected chi connectivity index (χ2v) is 5.73. The molecule has 0 bridgehead atoms. The van der Waals surface area contributed by atoms with Crippen molar-refractivity contribution in [3.05, 3.63) is 28.8 Å². The zero-order valence-corrected chi connectivity index (χ0v) is 13.1. The van der Waals surface area contributed by atoms with Gasteiger partial charge in [0, 0.05) is 6.54 Å². The number of halogens is 1. The van der Waals surface area contributed by atoms with E-state index in [2.05, 4.69) is 32.2 Å². The van der Waals surface area contributed by atoms with E-state index in [4.69, 9.17) is 16.3 Å². The fourth-order valence-corrected chi connectivity index (χ4v) is 2.11. The molecule has 0 aliphatic rings. The van der Waals surface area contributed by atoms with Crippen LogP contribution in [0.5, 0.6) is 5.75 Å². The van der Waals surface area contributed by atoms with Gasteiger partial charge in [0.1, 0.15) is 5.75 Å². The van der Waals surface area contributed by atoms with Crippen LogP contribution < -0.4 is 10.1 Å². The first-order valence-electron chi connectivity index (χ1n) is 7.25. The number of hydrogen-bond acceptors (Lipinski definition) is 2. The lowest BCUT2D eigenvalue weighted by molar-refractivity contribution is 0.298. The molecule has 1 rings (SSSR count).